The highest BCUT2D eigenvalue weighted by Gasteiger charge is 2.16. The van der Waals surface area contributed by atoms with Crippen LogP contribution in [0.15, 0.2) is 60.8 Å². The molecular formula is C22H26N4O2. The Kier molecular flexibility index (Phi) is 6.45. The fourth-order valence-electron chi connectivity index (χ4n) is 2.97. The Morgan fingerprint density at radius 3 is 2.32 bits per heavy atom. The Morgan fingerprint density at radius 2 is 1.68 bits per heavy atom. The molecule has 3 rings (SSSR count). The molecule has 1 aromatic heterocycles. The third-order valence-electron chi connectivity index (χ3n) is 4.71. The van der Waals surface area contributed by atoms with Crippen molar-refractivity contribution < 1.29 is 9.90 Å². The van der Waals surface area contributed by atoms with Crippen LogP contribution in [0.25, 0.3) is 5.69 Å². The smallest absolute Gasteiger partial charge is 0.275 e. The third-order valence-corrected chi connectivity index (χ3v) is 4.71. The van der Waals surface area contributed by atoms with E-state index in [9.17, 15) is 9.90 Å². The molecule has 0 aliphatic carbocycles. The molecule has 2 N–H and O–H groups in total. The summed E-state index contributed by atoms with van der Waals surface area (Å²) >= 11 is 0. The molecule has 6 heteroatoms. The molecule has 0 unspecified atom stereocenters. The van der Waals surface area contributed by atoms with Crippen LogP contribution in [0.2, 0.25) is 0 Å². The molecule has 0 aliphatic rings. The lowest BCUT2D eigenvalue weighted by Gasteiger charge is -2.18. The highest BCUT2D eigenvalue weighted by Crippen LogP contribution is 2.18. The van der Waals surface area contributed by atoms with Gasteiger partial charge < -0.3 is 10.4 Å². The van der Waals surface area contributed by atoms with Crippen LogP contribution in [0.5, 0.6) is 5.75 Å². The van der Waals surface area contributed by atoms with Gasteiger partial charge in [-0.2, -0.15) is 5.10 Å². The van der Waals surface area contributed by atoms with Crippen molar-refractivity contribution in [1.82, 2.24) is 20.0 Å². The van der Waals surface area contributed by atoms with E-state index < -0.39 is 5.91 Å². The summed E-state index contributed by atoms with van der Waals surface area (Å²) in [5.41, 5.74) is 3.04. The average Bonchev–Trinajstić information content (AvgIpc) is 3.13. The minimum atomic E-state index is -0.403. The SMILES string of the molecule is CCN(CC)Cc1ccc(CNC(=O)c2nn(-c3ccccc3)cc2O)cc1. The zero-order chi connectivity index (χ0) is 19.9. The summed E-state index contributed by atoms with van der Waals surface area (Å²) in [7, 11) is 0. The Labute approximate surface area is 165 Å². The van der Waals surface area contributed by atoms with Crippen molar-refractivity contribution in [2.45, 2.75) is 26.9 Å². The summed E-state index contributed by atoms with van der Waals surface area (Å²) in [5, 5.41) is 17.1. The molecule has 146 valence electrons. The summed E-state index contributed by atoms with van der Waals surface area (Å²) in [4.78, 5) is 14.8. The molecule has 0 fully saturated rings. The largest absolute Gasteiger partial charge is 0.504 e. The second kappa shape index (κ2) is 9.19. The van der Waals surface area contributed by atoms with E-state index >= 15 is 0 Å². The van der Waals surface area contributed by atoms with Crippen molar-refractivity contribution in [2.24, 2.45) is 0 Å². The molecule has 0 spiro atoms. The van der Waals surface area contributed by atoms with Gasteiger partial charge in [-0.1, -0.05) is 56.3 Å². The first-order valence-corrected chi connectivity index (χ1v) is 9.53. The van der Waals surface area contributed by atoms with Gasteiger partial charge in [0.25, 0.3) is 5.91 Å². The number of nitrogens with zero attached hydrogens (tertiary/aromatic N) is 3. The Balaban J connectivity index is 1.61. The summed E-state index contributed by atoms with van der Waals surface area (Å²) in [6.07, 6.45) is 1.44. The van der Waals surface area contributed by atoms with Crippen molar-refractivity contribution in [2.75, 3.05) is 13.1 Å². The van der Waals surface area contributed by atoms with Gasteiger partial charge in [0.05, 0.1) is 11.9 Å². The van der Waals surface area contributed by atoms with Crippen molar-refractivity contribution in [3.63, 3.8) is 0 Å². The number of nitrogens with one attached hydrogen (secondary N) is 1. The van der Waals surface area contributed by atoms with Crippen LogP contribution in [-0.2, 0) is 13.1 Å². The molecule has 3 aromatic rings. The number of rotatable bonds is 8. The normalized spacial score (nSPS) is 11.0. The van der Waals surface area contributed by atoms with E-state index in [2.05, 4.69) is 41.3 Å². The Morgan fingerprint density at radius 1 is 1.04 bits per heavy atom. The molecule has 0 bridgehead atoms. The van der Waals surface area contributed by atoms with E-state index in [1.54, 1.807) is 0 Å². The van der Waals surface area contributed by atoms with Crippen LogP contribution < -0.4 is 5.32 Å². The van der Waals surface area contributed by atoms with Crippen LogP contribution in [0.4, 0.5) is 0 Å². The molecule has 1 amide bonds. The highest BCUT2D eigenvalue weighted by atomic mass is 16.3. The molecule has 0 radical (unpaired) electrons. The summed E-state index contributed by atoms with van der Waals surface area (Å²) < 4.78 is 1.49. The minimum absolute atomic E-state index is 0.0157. The minimum Gasteiger partial charge on any atom is -0.504 e. The Hall–Kier alpha value is -3.12. The lowest BCUT2D eigenvalue weighted by Crippen LogP contribution is -2.24. The first-order chi connectivity index (χ1) is 13.6. The molecular weight excluding hydrogens is 352 g/mol. The number of aromatic nitrogens is 2. The van der Waals surface area contributed by atoms with Crippen LogP contribution in [0.1, 0.15) is 35.5 Å². The lowest BCUT2D eigenvalue weighted by atomic mass is 10.1. The summed E-state index contributed by atoms with van der Waals surface area (Å²) in [6.45, 7) is 7.65. The fourth-order valence-corrected chi connectivity index (χ4v) is 2.97. The quantitative estimate of drug-likeness (QED) is 0.631. The van der Waals surface area contributed by atoms with E-state index in [0.29, 0.717) is 6.54 Å². The topological polar surface area (TPSA) is 70.4 Å². The lowest BCUT2D eigenvalue weighted by molar-refractivity contribution is 0.0943. The third kappa shape index (κ3) is 4.78. The van der Waals surface area contributed by atoms with Gasteiger partial charge in [0.15, 0.2) is 11.4 Å². The number of hydrogen-bond donors (Lipinski definition) is 2. The van der Waals surface area contributed by atoms with E-state index in [0.717, 1.165) is 30.9 Å². The van der Waals surface area contributed by atoms with Gasteiger partial charge in [0.1, 0.15) is 0 Å². The maximum Gasteiger partial charge on any atom is 0.275 e. The number of hydrogen-bond acceptors (Lipinski definition) is 4. The number of para-hydroxylation sites is 1. The average molecular weight is 378 g/mol. The van der Waals surface area contributed by atoms with Crippen LogP contribution in [0.3, 0.4) is 0 Å². The van der Waals surface area contributed by atoms with Gasteiger partial charge in [-0.05, 0) is 36.3 Å². The highest BCUT2D eigenvalue weighted by molar-refractivity contribution is 5.94. The fraction of sp³-hybridized carbons (Fsp3) is 0.273. The van der Waals surface area contributed by atoms with Crippen LogP contribution >= 0.6 is 0 Å². The van der Waals surface area contributed by atoms with Crippen molar-refractivity contribution in [3.8, 4) is 11.4 Å². The second-order valence-corrected chi connectivity index (χ2v) is 6.60. The molecule has 0 saturated heterocycles. The van der Waals surface area contributed by atoms with Gasteiger partial charge >= 0.3 is 0 Å². The van der Waals surface area contributed by atoms with Gasteiger partial charge in [-0.15, -0.1) is 0 Å². The van der Waals surface area contributed by atoms with Gasteiger partial charge in [0.2, 0.25) is 0 Å². The predicted molar refractivity (Wildman–Crippen MR) is 109 cm³/mol. The number of benzene rings is 2. The Bertz CT molecular complexity index is 900. The number of carbonyl (C=O) groups is 1. The van der Waals surface area contributed by atoms with Crippen molar-refractivity contribution >= 4 is 5.91 Å². The molecule has 6 nitrogen and oxygen atoms in total. The van der Waals surface area contributed by atoms with E-state index in [-0.39, 0.29) is 11.4 Å². The second-order valence-electron chi connectivity index (χ2n) is 6.60. The van der Waals surface area contributed by atoms with Gasteiger partial charge in [-0.25, -0.2) is 4.68 Å². The maximum atomic E-state index is 12.4. The molecule has 1 heterocycles. The van der Waals surface area contributed by atoms with Crippen LogP contribution in [-0.4, -0.2) is 38.8 Å². The summed E-state index contributed by atoms with van der Waals surface area (Å²) in [5.74, 6) is -0.546. The van der Waals surface area contributed by atoms with Crippen molar-refractivity contribution in [3.05, 3.63) is 77.6 Å². The molecule has 0 aliphatic heterocycles. The van der Waals surface area contributed by atoms with Gasteiger partial charge in [-0.3, -0.25) is 9.69 Å². The first-order valence-electron chi connectivity index (χ1n) is 9.53. The molecule has 0 saturated carbocycles. The first kappa shape index (κ1) is 19.6. The number of carbonyl (C=O) groups excluding carboxylic acids is 1. The zero-order valence-corrected chi connectivity index (χ0v) is 16.3. The maximum absolute atomic E-state index is 12.4. The van der Waals surface area contributed by atoms with Crippen LogP contribution in [0, 0.1) is 0 Å². The molecule has 0 atom stereocenters. The molecule has 28 heavy (non-hydrogen) atoms. The van der Waals surface area contributed by atoms with E-state index in [1.807, 2.05) is 42.5 Å². The van der Waals surface area contributed by atoms with E-state index in [4.69, 9.17) is 0 Å². The van der Waals surface area contributed by atoms with E-state index in [1.165, 1.54) is 16.4 Å². The number of amides is 1. The zero-order valence-electron chi connectivity index (χ0n) is 16.3. The van der Waals surface area contributed by atoms with Crippen molar-refractivity contribution in [1.29, 1.82) is 0 Å². The predicted octanol–water partition coefficient (Wildman–Crippen LogP) is 3.35. The standard InChI is InChI=1S/C22H26N4O2/c1-3-25(4-2)15-18-12-10-17(11-13-18)14-23-22(28)21-20(27)16-26(24-21)19-8-6-5-7-9-19/h5-13,16,27H,3-4,14-15H2,1-2H3,(H,23,28). The van der Waals surface area contributed by atoms with Gasteiger partial charge in [0, 0.05) is 13.1 Å². The number of aromatic hydroxyl groups is 1. The molecule has 2 aromatic carbocycles. The monoisotopic (exact) mass is 378 g/mol. The summed E-state index contributed by atoms with van der Waals surface area (Å²) in [6, 6.07) is 17.6.